The zero-order valence-corrected chi connectivity index (χ0v) is 16.8. The number of anilines is 1. The van der Waals surface area contributed by atoms with Crippen LogP contribution in [0.25, 0.3) is 0 Å². The highest BCUT2D eigenvalue weighted by molar-refractivity contribution is 7.89. The molecule has 0 bridgehead atoms. The van der Waals surface area contributed by atoms with Crippen LogP contribution >= 0.6 is 0 Å². The molecular weight excluding hydrogens is 385 g/mol. The Kier molecular flexibility index (Phi) is 7.25. The van der Waals surface area contributed by atoms with Gasteiger partial charge in [0.25, 0.3) is 0 Å². The lowest BCUT2D eigenvalue weighted by Gasteiger charge is -2.18. The Labute approximate surface area is 164 Å². The average molecular weight is 409 g/mol. The van der Waals surface area contributed by atoms with E-state index in [-0.39, 0.29) is 23.6 Å². The summed E-state index contributed by atoms with van der Waals surface area (Å²) in [5.41, 5.74) is 1.14. The second-order valence-electron chi connectivity index (χ2n) is 6.45. The van der Waals surface area contributed by atoms with Gasteiger partial charge >= 0.3 is 0 Å². The molecule has 152 valence electrons. The van der Waals surface area contributed by atoms with Crippen molar-refractivity contribution in [1.82, 2.24) is 9.62 Å². The molecule has 2 rings (SSSR count). The highest BCUT2D eigenvalue weighted by atomic mass is 32.2. The Balaban J connectivity index is 2.08. The Bertz CT molecular complexity index is 948. The number of amides is 1. The zero-order chi connectivity index (χ0) is 20.9. The van der Waals surface area contributed by atoms with Gasteiger partial charge in [0.2, 0.25) is 15.9 Å². The minimum absolute atomic E-state index is 0.0999. The molecule has 9 heteroatoms. The third kappa shape index (κ3) is 5.14. The summed E-state index contributed by atoms with van der Waals surface area (Å²) < 4.78 is 39.7. The molecule has 1 atom stereocenters. The molecule has 3 N–H and O–H groups in total. The molecule has 0 aliphatic carbocycles. The second-order valence-corrected chi connectivity index (χ2v) is 8.57. The summed E-state index contributed by atoms with van der Waals surface area (Å²) in [5, 5.41) is 14.9. The van der Waals surface area contributed by atoms with Crippen LogP contribution in [0, 0.1) is 12.7 Å². The van der Waals surface area contributed by atoms with Crippen LogP contribution in [0.1, 0.15) is 17.2 Å². The molecule has 28 heavy (non-hydrogen) atoms. The fourth-order valence-electron chi connectivity index (χ4n) is 2.60. The van der Waals surface area contributed by atoms with Crippen molar-refractivity contribution < 1.29 is 22.7 Å². The standard InChI is InChI=1S/C19H24FN3O4S/c1-13-8-9-14(10-18(13)28(26,27)23(2)3)22-19(25)11-21-17(12-24)15-6-4-5-7-16(15)20/h4-10,17,21,24H,11-12H2,1-3H3,(H,22,25). The lowest BCUT2D eigenvalue weighted by molar-refractivity contribution is -0.115. The third-order valence-corrected chi connectivity index (χ3v) is 6.16. The average Bonchev–Trinajstić information content (AvgIpc) is 2.64. The normalized spacial score (nSPS) is 12.8. The highest BCUT2D eigenvalue weighted by Gasteiger charge is 2.21. The summed E-state index contributed by atoms with van der Waals surface area (Å²) in [6.45, 7) is 1.09. The summed E-state index contributed by atoms with van der Waals surface area (Å²) in [5.74, 6) is -0.932. The van der Waals surface area contributed by atoms with E-state index in [2.05, 4.69) is 10.6 Å². The molecule has 2 aromatic carbocycles. The lowest BCUT2D eigenvalue weighted by Crippen LogP contribution is -2.33. The predicted molar refractivity (Wildman–Crippen MR) is 105 cm³/mol. The number of aliphatic hydroxyl groups is 1. The quantitative estimate of drug-likeness (QED) is 0.616. The molecule has 0 saturated carbocycles. The number of aryl methyl sites for hydroxylation is 1. The van der Waals surface area contributed by atoms with Gasteiger partial charge in [-0.25, -0.2) is 17.1 Å². The van der Waals surface area contributed by atoms with E-state index in [0.29, 0.717) is 11.3 Å². The summed E-state index contributed by atoms with van der Waals surface area (Å²) in [7, 11) is -0.780. The molecular formula is C19H24FN3O4S. The predicted octanol–water partition coefficient (Wildman–Crippen LogP) is 1.65. The van der Waals surface area contributed by atoms with Crippen molar-refractivity contribution in [1.29, 1.82) is 0 Å². The molecule has 0 aromatic heterocycles. The first-order valence-corrected chi connectivity index (χ1v) is 10.0. The van der Waals surface area contributed by atoms with Gasteiger partial charge in [0, 0.05) is 25.3 Å². The summed E-state index contributed by atoms with van der Waals surface area (Å²) in [6.07, 6.45) is 0. The van der Waals surface area contributed by atoms with Gasteiger partial charge in [0.05, 0.1) is 24.1 Å². The number of carbonyl (C=O) groups excluding carboxylic acids is 1. The van der Waals surface area contributed by atoms with Crippen LogP contribution in [-0.2, 0) is 14.8 Å². The largest absolute Gasteiger partial charge is 0.394 e. The maximum atomic E-state index is 13.8. The monoisotopic (exact) mass is 409 g/mol. The van der Waals surface area contributed by atoms with Crippen molar-refractivity contribution >= 4 is 21.6 Å². The van der Waals surface area contributed by atoms with Crippen molar-refractivity contribution in [2.45, 2.75) is 17.9 Å². The SMILES string of the molecule is Cc1ccc(NC(=O)CNC(CO)c2ccccc2F)cc1S(=O)(=O)N(C)C. The van der Waals surface area contributed by atoms with E-state index in [1.54, 1.807) is 25.1 Å². The second kappa shape index (κ2) is 9.24. The molecule has 0 heterocycles. The van der Waals surface area contributed by atoms with E-state index >= 15 is 0 Å². The van der Waals surface area contributed by atoms with Gasteiger partial charge in [-0.15, -0.1) is 0 Å². The molecule has 0 aliphatic rings. The number of carbonyl (C=O) groups is 1. The summed E-state index contributed by atoms with van der Waals surface area (Å²) in [4.78, 5) is 12.3. The van der Waals surface area contributed by atoms with Crippen LogP contribution in [0.2, 0.25) is 0 Å². The third-order valence-electron chi connectivity index (χ3n) is 4.20. The van der Waals surface area contributed by atoms with Gasteiger partial charge in [-0.05, 0) is 30.7 Å². The first-order valence-electron chi connectivity index (χ1n) is 8.58. The maximum Gasteiger partial charge on any atom is 0.242 e. The van der Waals surface area contributed by atoms with Gasteiger partial charge in [0.1, 0.15) is 5.82 Å². The molecule has 0 aliphatic heterocycles. The summed E-state index contributed by atoms with van der Waals surface area (Å²) in [6, 6.07) is 9.84. The number of halogens is 1. The van der Waals surface area contributed by atoms with Crippen LogP contribution in [0.4, 0.5) is 10.1 Å². The maximum absolute atomic E-state index is 13.8. The van der Waals surface area contributed by atoms with Crippen molar-refractivity contribution in [3.05, 3.63) is 59.4 Å². The fourth-order valence-corrected chi connectivity index (χ4v) is 3.75. The molecule has 7 nitrogen and oxygen atoms in total. The lowest BCUT2D eigenvalue weighted by atomic mass is 10.1. The number of aliphatic hydroxyl groups excluding tert-OH is 1. The zero-order valence-electron chi connectivity index (χ0n) is 15.9. The van der Waals surface area contributed by atoms with Crippen LogP contribution in [0.15, 0.2) is 47.4 Å². The number of nitrogens with zero attached hydrogens (tertiary/aromatic N) is 1. The number of rotatable bonds is 8. The number of hydrogen-bond acceptors (Lipinski definition) is 5. The smallest absolute Gasteiger partial charge is 0.242 e. The number of hydrogen-bond donors (Lipinski definition) is 3. The van der Waals surface area contributed by atoms with Crippen molar-refractivity contribution in [3.8, 4) is 0 Å². The molecule has 0 fully saturated rings. The van der Waals surface area contributed by atoms with Crippen molar-refractivity contribution in [2.24, 2.45) is 0 Å². The van der Waals surface area contributed by atoms with Crippen molar-refractivity contribution in [3.63, 3.8) is 0 Å². The highest BCUT2D eigenvalue weighted by Crippen LogP contribution is 2.22. The van der Waals surface area contributed by atoms with Crippen LogP contribution in [0.5, 0.6) is 0 Å². The first kappa shape index (κ1) is 22.0. The molecule has 0 radical (unpaired) electrons. The van der Waals surface area contributed by atoms with Crippen LogP contribution in [-0.4, -0.2) is 51.0 Å². The first-order chi connectivity index (χ1) is 13.2. The van der Waals surface area contributed by atoms with E-state index in [1.807, 2.05) is 0 Å². The fraction of sp³-hybridized carbons (Fsp3) is 0.316. The van der Waals surface area contributed by atoms with Crippen LogP contribution < -0.4 is 10.6 Å². The number of benzene rings is 2. The number of nitrogens with one attached hydrogen (secondary N) is 2. The minimum Gasteiger partial charge on any atom is -0.394 e. The Hall–Kier alpha value is -2.33. The summed E-state index contributed by atoms with van der Waals surface area (Å²) >= 11 is 0. The van der Waals surface area contributed by atoms with Crippen LogP contribution in [0.3, 0.4) is 0 Å². The van der Waals surface area contributed by atoms with E-state index in [0.717, 1.165) is 4.31 Å². The van der Waals surface area contributed by atoms with Gasteiger partial charge in [-0.2, -0.15) is 0 Å². The van der Waals surface area contributed by atoms with Gasteiger partial charge in [-0.1, -0.05) is 24.3 Å². The Morgan fingerprint density at radius 1 is 1.21 bits per heavy atom. The molecule has 0 spiro atoms. The Morgan fingerprint density at radius 3 is 2.50 bits per heavy atom. The molecule has 1 unspecified atom stereocenters. The molecule has 0 saturated heterocycles. The van der Waals surface area contributed by atoms with Gasteiger partial charge < -0.3 is 10.4 Å². The van der Waals surface area contributed by atoms with E-state index in [1.165, 1.54) is 38.4 Å². The minimum atomic E-state index is -3.64. The van der Waals surface area contributed by atoms with E-state index in [4.69, 9.17) is 0 Å². The topological polar surface area (TPSA) is 98.7 Å². The van der Waals surface area contributed by atoms with Gasteiger partial charge in [0.15, 0.2) is 0 Å². The van der Waals surface area contributed by atoms with E-state index in [9.17, 15) is 22.7 Å². The van der Waals surface area contributed by atoms with Gasteiger partial charge in [-0.3, -0.25) is 10.1 Å². The Morgan fingerprint density at radius 2 is 1.89 bits per heavy atom. The number of sulfonamides is 1. The van der Waals surface area contributed by atoms with E-state index < -0.39 is 27.8 Å². The molecule has 1 amide bonds. The molecule has 2 aromatic rings. The van der Waals surface area contributed by atoms with Crippen molar-refractivity contribution in [2.75, 3.05) is 32.6 Å².